The second-order valence-corrected chi connectivity index (χ2v) is 7.42. The number of nitrogens with two attached hydrogens (primary N) is 1. The fourth-order valence-corrected chi connectivity index (χ4v) is 3.23. The number of halogens is 3. The molecule has 1 aromatic carbocycles. The van der Waals surface area contributed by atoms with E-state index >= 15 is 0 Å². The molecule has 7 nitrogen and oxygen atoms in total. The van der Waals surface area contributed by atoms with Gasteiger partial charge in [-0.05, 0) is 37.5 Å². The second kappa shape index (κ2) is 7.51. The number of hydrogen-bond acceptors (Lipinski definition) is 5. The van der Waals surface area contributed by atoms with Crippen molar-refractivity contribution >= 4 is 23.2 Å². The smallest absolute Gasteiger partial charge is 0.382 e. The molecule has 0 aliphatic heterocycles. The first kappa shape index (κ1) is 20.0. The molecule has 3 aromatic rings. The fourth-order valence-electron chi connectivity index (χ4n) is 3.23. The van der Waals surface area contributed by atoms with E-state index in [-0.39, 0.29) is 30.1 Å². The van der Waals surface area contributed by atoms with Crippen LogP contribution in [0.3, 0.4) is 0 Å². The van der Waals surface area contributed by atoms with Crippen LogP contribution in [0.15, 0.2) is 30.6 Å². The van der Waals surface area contributed by atoms with Crippen LogP contribution < -0.4 is 16.4 Å². The van der Waals surface area contributed by atoms with E-state index in [4.69, 9.17) is 5.73 Å². The van der Waals surface area contributed by atoms with Crippen molar-refractivity contribution in [3.8, 4) is 11.3 Å². The van der Waals surface area contributed by atoms with Crippen LogP contribution in [0.2, 0.25) is 0 Å². The number of nitrogen functional groups attached to an aromatic ring is 1. The highest BCUT2D eigenvalue weighted by Gasteiger charge is 2.27. The number of alkyl halides is 3. The number of nitrogens with zero attached hydrogens (tertiary/aromatic N) is 3. The van der Waals surface area contributed by atoms with Gasteiger partial charge in [-0.2, -0.15) is 13.2 Å². The van der Waals surface area contributed by atoms with Crippen molar-refractivity contribution in [2.24, 2.45) is 0 Å². The summed E-state index contributed by atoms with van der Waals surface area (Å²) >= 11 is 0. The number of nitrogens with one attached hydrogen (secondary N) is 2. The molecular formula is C20H21F3N6O. The van der Waals surface area contributed by atoms with Gasteiger partial charge < -0.3 is 16.4 Å². The van der Waals surface area contributed by atoms with E-state index in [0.29, 0.717) is 16.9 Å². The average molecular weight is 418 g/mol. The average Bonchev–Trinajstić information content (AvgIpc) is 3.36. The summed E-state index contributed by atoms with van der Waals surface area (Å²) in [7, 11) is 0. The van der Waals surface area contributed by atoms with Crippen LogP contribution in [0, 0.1) is 6.92 Å². The van der Waals surface area contributed by atoms with Crippen LogP contribution in [0.1, 0.15) is 35.2 Å². The molecular weight excluding hydrogens is 397 g/mol. The molecule has 10 heteroatoms. The summed E-state index contributed by atoms with van der Waals surface area (Å²) in [6, 6.07) is 5.72. The number of anilines is 2. The van der Waals surface area contributed by atoms with Gasteiger partial charge in [0, 0.05) is 23.7 Å². The summed E-state index contributed by atoms with van der Waals surface area (Å²) in [5, 5.41) is 5.63. The monoisotopic (exact) mass is 418 g/mol. The Bertz CT molecular complexity index is 1100. The predicted molar refractivity (Wildman–Crippen MR) is 107 cm³/mol. The van der Waals surface area contributed by atoms with E-state index in [1.54, 1.807) is 22.9 Å². The van der Waals surface area contributed by atoms with E-state index in [9.17, 15) is 18.0 Å². The molecule has 1 fully saturated rings. The topological polar surface area (TPSA) is 97.3 Å². The zero-order valence-corrected chi connectivity index (χ0v) is 16.3. The molecule has 1 amide bonds. The molecule has 2 aromatic heterocycles. The number of imidazole rings is 1. The summed E-state index contributed by atoms with van der Waals surface area (Å²) in [6.45, 7) is 1.52. The van der Waals surface area contributed by atoms with Crippen LogP contribution in [0.25, 0.3) is 16.9 Å². The minimum absolute atomic E-state index is 0.0933. The van der Waals surface area contributed by atoms with Gasteiger partial charge in [-0.25, -0.2) is 9.97 Å². The zero-order valence-electron chi connectivity index (χ0n) is 16.3. The van der Waals surface area contributed by atoms with Crippen LogP contribution in [0.5, 0.6) is 0 Å². The lowest BCUT2D eigenvalue weighted by Crippen LogP contribution is -2.26. The molecule has 2 heterocycles. The second-order valence-electron chi connectivity index (χ2n) is 7.42. The number of benzene rings is 1. The van der Waals surface area contributed by atoms with Gasteiger partial charge in [0.2, 0.25) is 0 Å². The third-order valence-electron chi connectivity index (χ3n) is 4.89. The quantitative estimate of drug-likeness (QED) is 0.569. The number of aromatic nitrogens is 3. The number of carbonyl (C=O) groups is 1. The third kappa shape index (κ3) is 4.32. The Hall–Kier alpha value is -3.30. The van der Waals surface area contributed by atoms with Crippen molar-refractivity contribution in [2.75, 3.05) is 17.6 Å². The van der Waals surface area contributed by atoms with Crippen molar-refractivity contribution in [1.82, 2.24) is 19.7 Å². The van der Waals surface area contributed by atoms with E-state index in [1.165, 1.54) is 0 Å². The first-order valence-corrected chi connectivity index (χ1v) is 9.57. The Morgan fingerprint density at radius 2 is 2.10 bits per heavy atom. The highest BCUT2D eigenvalue weighted by molar-refractivity contribution is 5.96. The maximum absolute atomic E-state index is 12.4. The Morgan fingerprint density at radius 3 is 2.77 bits per heavy atom. The first-order chi connectivity index (χ1) is 14.2. The third-order valence-corrected chi connectivity index (χ3v) is 4.89. The number of rotatable bonds is 6. The molecule has 158 valence electrons. The predicted octanol–water partition coefficient (Wildman–Crippen LogP) is 3.54. The number of carbonyl (C=O) groups excluding carboxylic acids is 1. The van der Waals surface area contributed by atoms with Crippen molar-refractivity contribution in [2.45, 2.75) is 38.4 Å². The van der Waals surface area contributed by atoms with Gasteiger partial charge in [-0.3, -0.25) is 9.20 Å². The highest BCUT2D eigenvalue weighted by Crippen LogP contribution is 2.28. The highest BCUT2D eigenvalue weighted by atomic mass is 19.4. The van der Waals surface area contributed by atoms with Crippen LogP contribution in [-0.2, 0) is 0 Å². The molecule has 4 rings (SSSR count). The van der Waals surface area contributed by atoms with Crippen molar-refractivity contribution in [3.05, 3.63) is 41.7 Å². The largest absolute Gasteiger partial charge is 0.390 e. The molecule has 1 aliphatic rings. The molecule has 0 radical (unpaired) electrons. The molecule has 1 aliphatic carbocycles. The van der Waals surface area contributed by atoms with E-state index < -0.39 is 12.6 Å². The van der Waals surface area contributed by atoms with Gasteiger partial charge >= 0.3 is 6.18 Å². The zero-order chi connectivity index (χ0) is 21.5. The summed E-state index contributed by atoms with van der Waals surface area (Å²) in [5.41, 5.74) is 9.14. The lowest BCUT2D eigenvalue weighted by atomic mass is 10.0. The maximum Gasteiger partial charge on any atom is 0.390 e. The van der Waals surface area contributed by atoms with Crippen LogP contribution in [0.4, 0.5) is 24.8 Å². The van der Waals surface area contributed by atoms with Gasteiger partial charge in [0.25, 0.3) is 5.91 Å². The van der Waals surface area contributed by atoms with Gasteiger partial charge in [0.1, 0.15) is 5.82 Å². The summed E-state index contributed by atoms with van der Waals surface area (Å²) in [6.07, 6.45) is -0.0687. The standard InChI is InChI=1S/C20H21F3N6O/c1-11-8-12(2-5-14(11)19(30)27-13-3-4-13)15-9-26-18-17(25-7-6-20(21,22)23)28-16(24)10-29(15)18/h2,5,8-10,13H,3-4,6-7,24H2,1H3,(H,25,28)(H,27,30). The molecule has 0 unspecified atom stereocenters. The SMILES string of the molecule is Cc1cc(-c2cnc3c(NCCC(F)(F)F)nc(N)cn23)ccc1C(=O)NC1CC1. The van der Waals surface area contributed by atoms with Crippen LogP contribution >= 0.6 is 0 Å². The first-order valence-electron chi connectivity index (χ1n) is 9.57. The molecule has 0 saturated heterocycles. The molecule has 0 atom stereocenters. The molecule has 0 spiro atoms. The Kier molecular flexibility index (Phi) is 5.00. The normalized spacial score (nSPS) is 14.1. The Labute approximate surface area is 170 Å². The summed E-state index contributed by atoms with van der Waals surface area (Å²) in [4.78, 5) is 20.7. The van der Waals surface area contributed by atoms with E-state index in [1.807, 2.05) is 19.1 Å². The number of aryl methyl sites for hydroxylation is 1. The number of amides is 1. The van der Waals surface area contributed by atoms with Crippen molar-refractivity contribution < 1.29 is 18.0 Å². The Balaban J connectivity index is 1.63. The maximum atomic E-state index is 12.4. The van der Waals surface area contributed by atoms with Gasteiger partial charge in [-0.1, -0.05) is 6.07 Å². The molecule has 4 N–H and O–H groups in total. The molecule has 1 saturated carbocycles. The lowest BCUT2D eigenvalue weighted by Gasteiger charge is -2.11. The summed E-state index contributed by atoms with van der Waals surface area (Å²) < 4.78 is 39.0. The number of fused-ring (bicyclic) bond motifs is 1. The minimum atomic E-state index is -4.27. The summed E-state index contributed by atoms with van der Waals surface area (Å²) in [5.74, 6) is 0.236. The van der Waals surface area contributed by atoms with Crippen molar-refractivity contribution in [1.29, 1.82) is 0 Å². The van der Waals surface area contributed by atoms with Gasteiger partial charge in [0.05, 0.1) is 24.5 Å². The Morgan fingerprint density at radius 1 is 1.33 bits per heavy atom. The van der Waals surface area contributed by atoms with Crippen LogP contribution in [-0.4, -0.2) is 39.0 Å². The van der Waals surface area contributed by atoms with Gasteiger partial charge in [0.15, 0.2) is 11.5 Å². The molecule has 0 bridgehead atoms. The van der Waals surface area contributed by atoms with Crippen molar-refractivity contribution in [3.63, 3.8) is 0 Å². The minimum Gasteiger partial charge on any atom is -0.382 e. The van der Waals surface area contributed by atoms with Gasteiger partial charge in [-0.15, -0.1) is 0 Å². The fraction of sp³-hybridized carbons (Fsp3) is 0.350. The lowest BCUT2D eigenvalue weighted by molar-refractivity contribution is -0.131. The van der Waals surface area contributed by atoms with E-state index in [0.717, 1.165) is 24.0 Å². The number of hydrogen-bond donors (Lipinski definition) is 3. The molecule has 30 heavy (non-hydrogen) atoms. The van der Waals surface area contributed by atoms with E-state index in [2.05, 4.69) is 20.6 Å².